The highest BCUT2D eigenvalue weighted by Crippen LogP contribution is 2.15. The highest BCUT2D eigenvalue weighted by atomic mass is 35.5. The van der Waals surface area contributed by atoms with E-state index in [4.69, 9.17) is 4.74 Å². The molecule has 5 heteroatoms. The van der Waals surface area contributed by atoms with E-state index in [1.54, 1.807) is 0 Å². The molecule has 23 heavy (non-hydrogen) atoms. The van der Waals surface area contributed by atoms with Crippen LogP contribution in [0, 0.1) is 6.92 Å². The largest absolute Gasteiger partial charge is 0.377 e. The van der Waals surface area contributed by atoms with E-state index in [0.29, 0.717) is 19.6 Å². The lowest BCUT2D eigenvalue weighted by Crippen LogP contribution is -2.53. The monoisotopic (exact) mass is 338 g/mol. The molecule has 1 atom stereocenters. The molecule has 4 nitrogen and oxygen atoms in total. The van der Waals surface area contributed by atoms with Crippen molar-refractivity contribution in [2.45, 2.75) is 32.2 Å². The summed E-state index contributed by atoms with van der Waals surface area (Å²) in [5.74, 6) is 0.233. The van der Waals surface area contributed by atoms with Gasteiger partial charge in [-0.05, 0) is 38.4 Å². The maximum Gasteiger partial charge on any atom is 0.227 e. The Morgan fingerprint density at radius 3 is 2.57 bits per heavy atom. The van der Waals surface area contributed by atoms with Gasteiger partial charge in [-0.25, -0.2) is 0 Å². The van der Waals surface area contributed by atoms with Gasteiger partial charge in [0.05, 0.1) is 25.7 Å². The lowest BCUT2D eigenvalue weighted by molar-refractivity contribution is -0.139. The lowest BCUT2D eigenvalue weighted by Gasteiger charge is -2.37. The highest BCUT2D eigenvalue weighted by Gasteiger charge is 2.29. The van der Waals surface area contributed by atoms with Crippen molar-refractivity contribution in [2.75, 3.05) is 39.4 Å². The van der Waals surface area contributed by atoms with Crippen LogP contribution in [-0.2, 0) is 16.0 Å². The summed E-state index contributed by atoms with van der Waals surface area (Å²) in [4.78, 5) is 17.2. The second-order valence-electron chi connectivity index (χ2n) is 6.49. The minimum atomic E-state index is 0. The third-order valence-electron chi connectivity index (χ3n) is 4.69. The number of carbonyl (C=O) groups is 1. The van der Waals surface area contributed by atoms with Crippen molar-refractivity contribution in [2.24, 2.45) is 0 Å². The average molecular weight is 339 g/mol. The van der Waals surface area contributed by atoms with E-state index >= 15 is 0 Å². The van der Waals surface area contributed by atoms with Crippen LogP contribution < -0.4 is 0 Å². The molecule has 1 amide bonds. The van der Waals surface area contributed by atoms with E-state index in [9.17, 15) is 4.79 Å². The molecule has 0 aliphatic carbocycles. The second kappa shape index (κ2) is 8.67. The summed E-state index contributed by atoms with van der Waals surface area (Å²) in [7, 11) is 0. The zero-order chi connectivity index (χ0) is 15.4. The smallest absolute Gasteiger partial charge is 0.227 e. The van der Waals surface area contributed by atoms with Crippen LogP contribution >= 0.6 is 12.4 Å². The maximum absolute atomic E-state index is 12.7. The standard InChI is InChI=1S/C18H26N2O2.ClH/c1-15-4-6-16(7-5-15)12-18(21)20-10-11-22-14-17(20)13-19-8-2-3-9-19;/h4-7,17H,2-3,8-14H2,1H3;1H. The quantitative estimate of drug-likeness (QED) is 0.844. The molecule has 0 aromatic heterocycles. The van der Waals surface area contributed by atoms with Crippen LogP contribution in [0.1, 0.15) is 24.0 Å². The Bertz CT molecular complexity index is 500. The Morgan fingerprint density at radius 2 is 1.87 bits per heavy atom. The van der Waals surface area contributed by atoms with Crippen molar-refractivity contribution in [1.29, 1.82) is 0 Å². The first-order chi connectivity index (χ1) is 10.7. The van der Waals surface area contributed by atoms with E-state index in [0.717, 1.165) is 31.7 Å². The Labute approximate surface area is 145 Å². The number of hydrogen-bond donors (Lipinski definition) is 0. The number of hydrogen-bond acceptors (Lipinski definition) is 3. The molecule has 2 saturated heterocycles. The normalized spacial score (nSPS) is 22.0. The number of carbonyl (C=O) groups excluding carboxylic acids is 1. The molecule has 1 aromatic rings. The molecule has 2 aliphatic heterocycles. The predicted octanol–water partition coefficient (Wildman–Crippen LogP) is 2.28. The van der Waals surface area contributed by atoms with Gasteiger partial charge in [0.25, 0.3) is 0 Å². The van der Waals surface area contributed by atoms with Gasteiger partial charge in [0, 0.05) is 13.1 Å². The molecule has 2 aliphatic rings. The lowest BCUT2D eigenvalue weighted by atomic mass is 10.1. The van der Waals surface area contributed by atoms with Crippen LogP contribution in [-0.4, -0.2) is 61.1 Å². The molecule has 0 bridgehead atoms. The van der Waals surface area contributed by atoms with Gasteiger partial charge in [-0.2, -0.15) is 0 Å². The van der Waals surface area contributed by atoms with Crippen LogP contribution in [0.3, 0.4) is 0 Å². The first kappa shape index (κ1) is 18.2. The maximum atomic E-state index is 12.7. The summed E-state index contributed by atoms with van der Waals surface area (Å²) in [6.07, 6.45) is 3.06. The first-order valence-electron chi connectivity index (χ1n) is 8.37. The molecule has 128 valence electrons. The van der Waals surface area contributed by atoms with E-state index in [2.05, 4.69) is 36.1 Å². The third-order valence-corrected chi connectivity index (χ3v) is 4.69. The highest BCUT2D eigenvalue weighted by molar-refractivity contribution is 5.85. The van der Waals surface area contributed by atoms with Crippen LogP contribution in [0.25, 0.3) is 0 Å². The number of nitrogens with zero attached hydrogens (tertiary/aromatic N) is 2. The zero-order valence-corrected chi connectivity index (χ0v) is 14.7. The molecule has 2 heterocycles. The summed E-state index contributed by atoms with van der Waals surface area (Å²) in [5.41, 5.74) is 2.33. The molecule has 2 fully saturated rings. The van der Waals surface area contributed by atoms with Crippen molar-refractivity contribution in [1.82, 2.24) is 9.80 Å². The van der Waals surface area contributed by atoms with Crippen LogP contribution in [0.4, 0.5) is 0 Å². The molecule has 0 radical (unpaired) electrons. The van der Waals surface area contributed by atoms with Crippen molar-refractivity contribution >= 4 is 18.3 Å². The minimum absolute atomic E-state index is 0. The van der Waals surface area contributed by atoms with Gasteiger partial charge >= 0.3 is 0 Å². The van der Waals surface area contributed by atoms with Crippen LogP contribution in [0.2, 0.25) is 0 Å². The topological polar surface area (TPSA) is 32.8 Å². The Balaban J connectivity index is 0.00000192. The summed E-state index contributed by atoms with van der Waals surface area (Å²) in [6, 6.07) is 8.48. The van der Waals surface area contributed by atoms with E-state index in [-0.39, 0.29) is 24.4 Å². The number of halogens is 1. The van der Waals surface area contributed by atoms with Gasteiger partial charge in [0.15, 0.2) is 0 Å². The summed E-state index contributed by atoms with van der Waals surface area (Å²) in [5, 5.41) is 0. The molecule has 0 N–H and O–H groups in total. The fraction of sp³-hybridized carbons (Fsp3) is 0.611. The number of aryl methyl sites for hydroxylation is 1. The number of amides is 1. The Kier molecular flexibility index (Phi) is 6.88. The summed E-state index contributed by atoms with van der Waals surface area (Å²) in [6.45, 7) is 7.42. The number of likely N-dealkylation sites (tertiary alicyclic amines) is 1. The summed E-state index contributed by atoms with van der Waals surface area (Å²) >= 11 is 0. The Morgan fingerprint density at radius 1 is 1.17 bits per heavy atom. The fourth-order valence-electron chi connectivity index (χ4n) is 3.38. The van der Waals surface area contributed by atoms with Crippen molar-refractivity contribution in [3.63, 3.8) is 0 Å². The minimum Gasteiger partial charge on any atom is -0.377 e. The van der Waals surface area contributed by atoms with Gasteiger partial charge in [-0.3, -0.25) is 4.79 Å². The molecular formula is C18H27ClN2O2. The van der Waals surface area contributed by atoms with E-state index < -0.39 is 0 Å². The van der Waals surface area contributed by atoms with Gasteiger partial charge in [0.2, 0.25) is 5.91 Å². The van der Waals surface area contributed by atoms with Crippen LogP contribution in [0.5, 0.6) is 0 Å². The number of rotatable bonds is 4. The summed E-state index contributed by atoms with van der Waals surface area (Å²) < 4.78 is 5.62. The third kappa shape index (κ3) is 4.93. The fourth-order valence-corrected chi connectivity index (χ4v) is 3.38. The first-order valence-corrected chi connectivity index (χ1v) is 8.37. The molecule has 3 rings (SSSR count). The van der Waals surface area contributed by atoms with Gasteiger partial charge in [-0.15, -0.1) is 12.4 Å². The number of ether oxygens (including phenoxy) is 1. The zero-order valence-electron chi connectivity index (χ0n) is 13.9. The second-order valence-corrected chi connectivity index (χ2v) is 6.49. The van der Waals surface area contributed by atoms with Crippen molar-refractivity contribution in [3.05, 3.63) is 35.4 Å². The molecular weight excluding hydrogens is 312 g/mol. The van der Waals surface area contributed by atoms with Crippen molar-refractivity contribution in [3.8, 4) is 0 Å². The molecule has 0 saturated carbocycles. The van der Waals surface area contributed by atoms with Crippen LogP contribution in [0.15, 0.2) is 24.3 Å². The molecule has 1 unspecified atom stereocenters. The van der Waals surface area contributed by atoms with E-state index in [1.807, 2.05) is 4.90 Å². The number of morpholine rings is 1. The SMILES string of the molecule is Cc1ccc(CC(=O)N2CCOCC2CN2CCCC2)cc1.Cl. The van der Waals surface area contributed by atoms with E-state index in [1.165, 1.54) is 18.4 Å². The van der Waals surface area contributed by atoms with Gasteiger partial charge in [0.1, 0.15) is 0 Å². The van der Waals surface area contributed by atoms with Gasteiger partial charge < -0.3 is 14.5 Å². The van der Waals surface area contributed by atoms with Crippen molar-refractivity contribution < 1.29 is 9.53 Å². The molecule has 1 aromatic carbocycles. The molecule has 0 spiro atoms. The average Bonchev–Trinajstić information content (AvgIpc) is 3.03. The van der Waals surface area contributed by atoms with Gasteiger partial charge in [-0.1, -0.05) is 29.8 Å². The predicted molar refractivity (Wildman–Crippen MR) is 94.1 cm³/mol. The number of benzene rings is 1. The Hall–Kier alpha value is -1.10.